The Morgan fingerprint density at radius 1 is 1.19 bits per heavy atom. The second-order valence-electron chi connectivity index (χ2n) is 5.39. The van der Waals surface area contributed by atoms with Crippen LogP contribution in [-0.4, -0.2) is 29.2 Å². The van der Waals surface area contributed by atoms with Gasteiger partial charge in [0.05, 0.1) is 12.6 Å². The van der Waals surface area contributed by atoms with Crippen molar-refractivity contribution in [2.24, 2.45) is 0 Å². The zero-order chi connectivity index (χ0) is 14.8. The maximum Gasteiger partial charge on any atom is 0.225 e. The number of morpholine rings is 1. The number of anilines is 1. The first-order valence-electron chi connectivity index (χ1n) is 7.07. The summed E-state index contributed by atoms with van der Waals surface area (Å²) in [5.74, 6) is 0.485. The highest BCUT2D eigenvalue weighted by Crippen LogP contribution is 2.27. The minimum Gasteiger partial charge on any atom is -0.367 e. The van der Waals surface area contributed by atoms with Gasteiger partial charge < -0.3 is 9.64 Å². The van der Waals surface area contributed by atoms with Gasteiger partial charge in [-0.05, 0) is 37.6 Å². The topological polar surface area (TPSA) is 38.2 Å². The number of aromatic nitrogens is 2. The van der Waals surface area contributed by atoms with E-state index in [4.69, 9.17) is 4.74 Å². The van der Waals surface area contributed by atoms with E-state index in [-0.39, 0.29) is 18.0 Å². The number of rotatable bonds is 2. The number of nitrogens with zero attached hydrogens (tertiary/aromatic N) is 3. The third-order valence-corrected chi connectivity index (χ3v) is 3.57. The summed E-state index contributed by atoms with van der Waals surface area (Å²) in [7, 11) is 0. The third-order valence-electron chi connectivity index (χ3n) is 3.57. The lowest BCUT2D eigenvalue weighted by Gasteiger charge is -2.37. The Morgan fingerprint density at radius 3 is 2.67 bits per heavy atom. The zero-order valence-electron chi connectivity index (χ0n) is 12.2. The second kappa shape index (κ2) is 5.77. The minimum absolute atomic E-state index is 0.0675. The van der Waals surface area contributed by atoms with Crippen LogP contribution >= 0.6 is 0 Å². The second-order valence-corrected chi connectivity index (χ2v) is 5.39. The summed E-state index contributed by atoms with van der Waals surface area (Å²) < 4.78 is 19.0. The van der Waals surface area contributed by atoms with Crippen molar-refractivity contribution < 1.29 is 9.13 Å². The van der Waals surface area contributed by atoms with Crippen LogP contribution in [-0.2, 0) is 4.74 Å². The van der Waals surface area contributed by atoms with Crippen LogP contribution in [0.5, 0.6) is 0 Å². The van der Waals surface area contributed by atoms with Crippen LogP contribution in [0.1, 0.15) is 24.3 Å². The predicted octanol–water partition coefficient (Wildman–Crippen LogP) is 2.89. The number of hydrogen-bond donors (Lipinski definition) is 0. The smallest absolute Gasteiger partial charge is 0.225 e. The van der Waals surface area contributed by atoms with Gasteiger partial charge in [0.15, 0.2) is 0 Å². The molecule has 3 rings (SSSR count). The number of halogens is 1. The van der Waals surface area contributed by atoms with Crippen molar-refractivity contribution in [2.45, 2.75) is 26.1 Å². The first-order valence-corrected chi connectivity index (χ1v) is 7.07. The van der Waals surface area contributed by atoms with Crippen LogP contribution in [0.3, 0.4) is 0 Å². The lowest BCUT2D eigenvalue weighted by atomic mass is 10.1. The van der Waals surface area contributed by atoms with Crippen molar-refractivity contribution in [3.63, 3.8) is 0 Å². The van der Waals surface area contributed by atoms with Crippen LogP contribution in [0.15, 0.2) is 36.5 Å². The number of aryl methyl sites for hydroxylation is 1. The summed E-state index contributed by atoms with van der Waals surface area (Å²) in [5.41, 5.74) is 1.91. The van der Waals surface area contributed by atoms with E-state index in [9.17, 15) is 4.39 Å². The summed E-state index contributed by atoms with van der Waals surface area (Å²) in [6.07, 6.45) is 1.74. The fraction of sp³-hybridized carbons (Fsp3) is 0.375. The van der Waals surface area contributed by atoms with E-state index in [1.54, 1.807) is 18.3 Å². The monoisotopic (exact) mass is 287 g/mol. The van der Waals surface area contributed by atoms with Crippen molar-refractivity contribution in [3.8, 4) is 0 Å². The molecule has 0 amide bonds. The quantitative estimate of drug-likeness (QED) is 0.851. The fourth-order valence-corrected chi connectivity index (χ4v) is 2.56. The van der Waals surface area contributed by atoms with Crippen LogP contribution in [0.4, 0.5) is 10.3 Å². The van der Waals surface area contributed by atoms with Gasteiger partial charge in [-0.15, -0.1) is 0 Å². The standard InChI is InChI=1S/C16H18FN3O/c1-11-7-8-18-16(19-11)20-9-12(2)21-15(10-20)13-3-5-14(17)6-4-13/h3-8,12,15H,9-10H2,1-2H3. The molecule has 2 unspecified atom stereocenters. The van der Waals surface area contributed by atoms with Crippen LogP contribution in [0, 0.1) is 12.7 Å². The molecule has 21 heavy (non-hydrogen) atoms. The summed E-state index contributed by atoms with van der Waals surface area (Å²) >= 11 is 0. The largest absolute Gasteiger partial charge is 0.367 e. The van der Waals surface area contributed by atoms with Crippen molar-refractivity contribution in [2.75, 3.05) is 18.0 Å². The first-order chi connectivity index (χ1) is 10.1. The highest BCUT2D eigenvalue weighted by molar-refractivity contribution is 5.33. The maximum atomic E-state index is 13.0. The van der Waals surface area contributed by atoms with E-state index in [1.807, 2.05) is 19.9 Å². The molecule has 0 N–H and O–H groups in total. The maximum absolute atomic E-state index is 13.0. The molecular formula is C16H18FN3O. The molecule has 2 atom stereocenters. The third kappa shape index (κ3) is 3.19. The lowest BCUT2D eigenvalue weighted by Crippen LogP contribution is -2.43. The van der Waals surface area contributed by atoms with E-state index < -0.39 is 0 Å². The Balaban J connectivity index is 1.83. The summed E-state index contributed by atoms with van der Waals surface area (Å²) in [6.45, 7) is 5.39. The van der Waals surface area contributed by atoms with Crippen molar-refractivity contribution >= 4 is 5.95 Å². The van der Waals surface area contributed by atoms with Gasteiger partial charge in [-0.1, -0.05) is 12.1 Å². The Kier molecular flexibility index (Phi) is 3.84. The first kappa shape index (κ1) is 13.9. The normalized spacial score (nSPS) is 22.3. The molecule has 1 aromatic heterocycles. The number of benzene rings is 1. The average Bonchev–Trinajstić information content (AvgIpc) is 2.47. The molecule has 0 aliphatic carbocycles. The van der Waals surface area contributed by atoms with Gasteiger partial charge in [-0.2, -0.15) is 0 Å². The van der Waals surface area contributed by atoms with Crippen LogP contribution in [0.2, 0.25) is 0 Å². The molecule has 1 aliphatic rings. The van der Waals surface area contributed by atoms with Gasteiger partial charge in [0.1, 0.15) is 11.9 Å². The molecule has 0 saturated carbocycles. The summed E-state index contributed by atoms with van der Waals surface area (Å²) in [5, 5.41) is 0. The Morgan fingerprint density at radius 2 is 1.95 bits per heavy atom. The SMILES string of the molecule is Cc1ccnc(N2CC(C)OC(c3ccc(F)cc3)C2)n1. The van der Waals surface area contributed by atoms with Gasteiger partial charge in [-0.25, -0.2) is 14.4 Å². The average molecular weight is 287 g/mol. The number of hydrogen-bond acceptors (Lipinski definition) is 4. The molecule has 0 radical (unpaired) electrons. The van der Waals surface area contributed by atoms with Gasteiger partial charge >= 0.3 is 0 Å². The highest BCUT2D eigenvalue weighted by atomic mass is 19.1. The van der Waals surface area contributed by atoms with E-state index in [0.717, 1.165) is 23.8 Å². The molecule has 0 spiro atoms. The van der Waals surface area contributed by atoms with Crippen molar-refractivity contribution in [3.05, 3.63) is 53.6 Å². The highest BCUT2D eigenvalue weighted by Gasteiger charge is 2.27. The molecule has 5 heteroatoms. The van der Waals surface area contributed by atoms with Gasteiger partial charge in [0.25, 0.3) is 0 Å². The molecule has 2 heterocycles. The van der Waals surface area contributed by atoms with E-state index in [2.05, 4.69) is 14.9 Å². The minimum atomic E-state index is -0.235. The summed E-state index contributed by atoms with van der Waals surface area (Å²) in [6, 6.07) is 8.35. The molecule has 1 saturated heterocycles. The number of ether oxygens (including phenoxy) is 1. The van der Waals surface area contributed by atoms with E-state index >= 15 is 0 Å². The molecular weight excluding hydrogens is 269 g/mol. The fourth-order valence-electron chi connectivity index (χ4n) is 2.56. The van der Waals surface area contributed by atoms with Gasteiger partial charge in [-0.3, -0.25) is 0 Å². The van der Waals surface area contributed by atoms with E-state index in [1.165, 1.54) is 12.1 Å². The molecule has 1 aromatic carbocycles. The predicted molar refractivity (Wildman–Crippen MR) is 78.7 cm³/mol. The molecule has 110 valence electrons. The Bertz CT molecular complexity index is 617. The Hall–Kier alpha value is -2.01. The molecule has 0 bridgehead atoms. The summed E-state index contributed by atoms with van der Waals surface area (Å²) in [4.78, 5) is 10.9. The van der Waals surface area contributed by atoms with Crippen LogP contribution < -0.4 is 4.90 Å². The van der Waals surface area contributed by atoms with Gasteiger partial charge in [0, 0.05) is 18.4 Å². The molecule has 4 nitrogen and oxygen atoms in total. The van der Waals surface area contributed by atoms with Crippen molar-refractivity contribution in [1.29, 1.82) is 0 Å². The lowest BCUT2D eigenvalue weighted by molar-refractivity contribution is -0.0179. The molecule has 2 aromatic rings. The zero-order valence-corrected chi connectivity index (χ0v) is 12.2. The molecule has 1 fully saturated rings. The Labute approximate surface area is 123 Å². The van der Waals surface area contributed by atoms with E-state index in [0.29, 0.717) is 6.54 Å². The van der Waals surface area contributed by atoms with Gasteiger partial charge in [0.2, 0.25) is 5.95 Å². The molecule has 1 aliphatic heterocycles. The van der Waals surface area contributed by atoms with Crippen LogP contribution in [0.25, 0.3) is 0 Å². The van der Waals surface area contributed by atoms with Crippen molar-refractivity contribution in [1.82, 2.24) is 9.97 Å².